The second-order valence-corrected chi connectivity index (χ2v) is 5.81. The number of hydrogen-bond acceptors (Lipinski definition) is 4. The van der Waals surface area contributed by atoms with Gasteiger partial charge in [0.15, 0.2) is 0 Å². The van der Waals surface area contributed by atoms with Gasteiger partial charge < -0.3 is 10.4 Å². The first-order chi connectivity index (χ1) is 12.1. The number of phenolic OH excluding ortho intramolecular Hbond substituents is 1. The molecule has 5 nitrogen and oxygen atoms in total. The van der Waals surface area contributed by atoms with Crippen molar-refractivity contribution in [3.63, 3.8) is 0 Å². The summed E-state index contributed by atoms with van der Waals surface area (Å²) in [4.78, 5) is 11.9. The van der Waals surface area contributed by atoms with Crippen LogP contribution in [0.3, 0.4) is 0 Å². The maximum atomic E-state index is 11.9. The van der Waals surface area contributed by atoms with Crippen LogP contribution >= 0.6 is 11.6 Å². The predicted molar refractivity (Wildman–Crippen MR) is 101 cm³/mol. The first-order valence-corrected chi connectivity index (χ1v) is 8.03. The molecule has 0 atom stereocenters. The molecular weight excluding hydrogens is 338 g/mol. The Morgan fingerprint density at radius 3 is 2.80 bits per heavy atom. The van der Waals surface area contributed by atoms with Crippen molar-refractivity contribution in [2.24, 2.45) is 5.10 Å². The number of carbonyl (C=O) groups is 1. The van der Waals surface area contributed by atoms with E-state index in [1.807, 2.05) is 42.5 Å². The number of nitrogens with zero attached hydrogens (tertiary/aromatic N) is 1. The van der Waals surface area contributed by atoms with Gasteiger partial charge in [-0.25, -0.2) is 5.43 Å². The second-order valence-electron chi connectivity index (χ2n) is 5.38. The van der Waals surface area contributed by atoms with Crippen molar-refractivity contribution in [1.29, 1.82) is 0 Å². The van der Waals surface area contributed by atoms with E-state index in [0.29, 0.717) is 10.6 Å². The van der Waals surface area contributed by atoms with Gasteiger partial charge in [-0.3, -0.25) is 4.79 Å². The molecule has 0 saturated heterocycles. The molecule has 0 aliphatic heterocycles. The number of fused-ring (bicyclic) bond motifs is 1. The minimum atomic E-state index is -0.300. The van der Waals surface area contributed by atoms with Crippen molar-refractivity contribution in [2.45, 2.75) is 0 Å². The molecule has 3 aromatic rings. The topological polar surface area (TPSA) is 73.7 Å². The molecule has 25 heavy (non-hydrogen) atoms. The number of benzene rings is 3. The van der Waals surface area contributed by atoms with Gasteiger partial charge in [0, 0.05) is 21.7 Å². The molecule has 6 heteroatoms. The molecule has 0 spiro atoms. The van der Waals surface area contributed by atoms with Crippen LogP contribution in [0.4, 0.5) is 5.69 Å². The maximum Gasteiger partial charge on any atom is 0.259 e. The van der Waals surface area contributed by atoms with Crippen molar-refractivity contribution in [3.05, 3.63) is 71.2 Å². The van der Waals surface area contributed by atoms with E-state index >= 15 is 0 Å². The molecule has 0 bridgehead atoms. The monoisotopic (exact) mass is 353 g/mol. The largest absolute Gasteiger partial charge is 0.507 e. The summed E-state index contributed by atoms with van der Waals surface area (Å²) in [6.45, 7) is 0.0763. The van der Waals surface area contributed by atoms with E-state index in [0.717, 1.165) is 16.5 Å². The van der Waals surface area contributed by atoms with E-state index in [2.05, 4.69) is 15.8 Å². The van der Waals surface area contributed by atoms with Crippen LogP contribution in [-0.2, 0) is 4.79 Å². The lowest BCUT2D eigenvalue weighted by molar-refractivity contribution is -0.119. The number of halogens is 1. The number of hydrogen-bond donors (Lipinski definition) is 3. The second kappa shape index (κ2) is 7.68. The highest BCUT2D eigenvalue weighted by Crippen LogP contribution is 2.22. The number of amides is 1. The summed E-state index contributed by atoms with van der Waals surface area (Å²) in [7, 11) is 0. The molecule has 0 aromatic heterocycles. The zero-order chi connectivity index (χ0) is 17.6. The molecule has 0 unspecified atom stereocenters. The standard InChI is InChI=1S/C19H16ClN3O2/c20-15-8-9-18(24)14(10-15)11-22-23-19(25)12-21-17-7-3-5-13-4-1-2-6-16(13)17/h1-11,21,24H,12H2,(H,23,25)/b22-11+. The summed E-state index contributed by atoms with van der Waals surface area (Å²) < 4.78 is 0. The Morgan fingerprint density at radius 2 is 1.92 bits per heavy atom. The Balaban J connectivity index is 1.59. The predicted octanol–water partition coefficient (Wildman–Crippen LogP) is 3.76. The van der Waals surface area contributed by atoms with Gasteiger partial charge in [0.2, 0.25) is 0 Å². The van der Waals surface area contributed by atoms with Crippen molar-refractivity contribution < 1.29 is 9.90 Å². The van der Waals surface area contributed by atoms with Crippen molar-refractivity contribution in [3.8, 4) is 5.75 Å². The van der Waals surface area contributed by atoms with E-state index in [4.69, 9.17) is 11.6 Å². The number of anilines is 1. The third-order valence-corrected chi connectivity index (χ3v) is 3.85. The number of carbonyl (C=O) groups excluding carboxylic acids is 1. The third kappa shape index (κ3) is 4.28. The zero-order valence-corrected chi connectivity index (χ0v) is 14.0. The Hall–Kier alpha value is -3.05. The third-order valence-electron chi connectivity index (χ3n) is 3.61. The molecule has 0 aliphatic carbocycles. The summed E-state index contributed by atoms with van der Waals surface area (Å²) in [5.41, 5.74) is 3.72. The van der Waals surface area contributed by atoms with E-state index in [1.165, 1.54) is 12.3 Å². The fraction of sp³-hybridized carbons (Fsp3) is 0.0526. The zero-order valence-electron chi connectivity index (χ0n) is 13.2. The minimum absolute atomic E-state index is 0.0382. The lowest BCUT2D eigenvalue weighted by Crippen LogP contribution is -2.25. The summed E-state index contributed by atoms with van der Waals surface area (Å²) >= 11 is 5.85. The average Bonchev–Trinajstić information content (AvgIpc) is 2.63. The minimum Gasteiger partial charge on any atom is -0.507 e. The Bertz CT molecular complexity index is 936. The smallest absolute Gasteiger partial charge is 0.259 e. The van der Waals surface area contributed by atoms with E-state index in [-0.39, 0.29) is 18.2 Å². The van der Waals surface area contributed by atoms with Gasteiger partial charge in [-0.2, -0.15) is 5.10 Å². The van der Waals surface area contributed by atoms with Gasteiger partial charge in [0.25, 0.3) is 5.91 Å². The van der Waals surface area contributed by atoms with E-state index in [9.17, 15) is 9.90 Å². The fourth-order valence-electron chi connectivity index (χ4n) is 2.40. The van der Waals surface area contributed by atoms with Gasteiger partial charge >= 0.3 is 0 Å². The number of aromatic hydroxyl groups is 1. The Kier molecular flexibility index (Phi) is 5.16. The summed E-state index contributed by atoms with van der Waals surface area (Å²) in [5.74, 6) is -0.262. The van der Waals surface area contributed by atoms with Gasteiger partial charge in [-0.1, -0.05) is 48.0 Å². The van der Waals surface area contributed by atoms with Crippen LogP contribution in [0.5, 0.6) is 5.75 Å². The Labute approximate surface area is 149 Å². The first-order valence-electron chi connectivity index (χ1n) is 7.65. The number of phenols is 1. The lowest BCUT2D eigenvalue weighted by Gasteiger charge is -2.08. The number of nitrogens with one attached hydrogen (secondary N) is 2. The molecule has 0 saturated carbocycles. The highest BCUT2D eigenvalue weighted by Gasteiger charge is 2.03. The van der Waals surface area contributed by atoms with Crippen molar-refractivity contribution in [1.82, 2.24) is 5.43 Å². The van der Waals surface area contributed by atoms with Gasteiger partial charge in [0.05, 0.1) is 12.8 Å². The quantitative estimate of drug-likeness (QED) is 0.483. The van der Waals surface area contributed by atoms with E-state index in [1.54, 1.807) is 12.1 Å². The summed E-state index contributed by atoms with van der Waals surface area (Å²) in [5, 5.41) is 19.2. The summed E-state index contributed by atoms with van der Waals surface area (Å²) in [6.07, 6.45) is 1.34. The molecule has 3 N–H and O–H groups in total. The van der Waals surface area contributed by atoms with Crippen molar-refractivity contribution >= 4 is 40.2 Å². The lowest BCUT2D eigenvalue weighted by atomic mass is 10.1. The molecule has 3 rings (SSSR count). The number of rotatable bonds is 5. The molecule has 0 radical (unpaired) electrons. The van der Waals surface area contributed by atoms with Crippen LogP contribution < -0.4 is 10.7 Å². The van der Waals surface area contributed by atoms with Gasteiger partial charge in [-0.15, -0.1) is 0 Å². The van der Waals surface area contributed by atoms with Gasteiger partial charge in [0.1, 0.15) is 5.75 Å². The number of hydrazone groups is 1. The normalized spacial score (nSPS) is 10.9. The van der Waals surface area contributed by atoms with Crippen LogP contribution in [0, 0.1) is 0 Å². The average molecular weight is 354 g/mol. The van der Waals surface area contributed by atoms with Crippen LogP contribution in [0.1, 0.15) is 5.56 Å². The molecule has 126 valence electrons. The highest BCUT2D eigenvalue weighted by molar-refractivity contribution is 6.30. The highest BCUT2D eigenvalue weighted by atomic mass is 35.5. The maximum absolute atomic E-state index is 11.9. The van der Waals surface area contributed by atoms with Gasteiger partial charge in [-0.05, 0) is 29.7 Å². The molecule has 3 aromatic carbocycles. The fourth-order valence-corrected chi connectivity index (χ4v) is 2.58. The van der Waals surface area contributed by atoms with Crippen LogP contribution in [0.2, 0.25) is 5.02 Å². The molecule has 0 fully saturated rings. The van der Waals surface area contributed by atoms with Crippen LogP contribution in [0.25, 0.3) is 10.8 Å². The molecular formula is C19H16ClN3O2. The molecule has 1 amide bonds. The van der Waals surface area contributed by atoms with Crippen LogP contribution in [0.15, 0.2) is 65.8 Å². The Morgan fingerprint density at radius 1 is 1.12 bits per heavy atom. The summed E-state index contributed by atoms with van der Waals surface area (Å²) in [6, 6.07) is 18.4. The first kappa shape index (κ1) is 16.8. The van der Waals surface area contributed by atoms with Crippen molar-refractivity contribution in [2.75, 3.05) is 11.9 Å². The molecule has 0 heterocycles. The molecule has 0 aliphatic rings. The van der Waals surface area contributed by atoms with Crippen LogP contribution in [-0.4, -0.2) is 23.8 Å². The SMILES string of the molecule is O=C(CNc1cccc2ccccc12)N/N=C/c1cc(Cl)ccc1O. The van der Waals surface area contributed by atoms with E-state index < -0.39 is 0 Å².